The molecule has 0 radical (unpaired) electrons. The van der Waals surface area contributed by atoms with Crippen LogP contribution in [0, 0.1) is 0 Å². The van der Waals surface area contributed by atoms with E-state index in [0.717, 1.165) is 11.3 Å². The van der Waals surface area contributed by atoms with Crippen LogP contribution in [0.3, 0.4) is 0 Å². The van der Waals surface area contributed by atoms with E-state index in [-0.39, 0.29) is 10.8 Å². The zero-order chi connectivity index (χ0) is 22.3. The number of benzene rings is 3. The van der Waals surface area contributed by atoms with Crippen LogP contribution < -0.4 is 20.5 Å². The molecule has 0 saturated carbocycles. The molecule has 3 aromatic carbocycles. The third-order valence-electron chi connectivity index (χ3n) is 4.48. The summed E-state index contributed by atoms with van der Waals surface area (Å²) in [5, 5.41) is 8.31. The maximum absolute atomic E-state index is 12.7. The Bertz CT molecular complexity index is 1290. The summed E-state index contributed by atoms with van der Waals surface area (Å²) < 4.78 is 12.5. The molecule has 4 aromatic rings. The predicted octanol–water partition coefficient (Wildman–Crippen LogP) is 5.13. The van der Waals surface area contributed by atoms with Crippen LogP contribution in [0.1, 0.15) is 5.56 Å². The van der Waals surface area contributed by atoms with E-state index in [4.69, 9.17) is 21.1 Å². The van der Waals surface area contributed by atoms with E-state index in [0.29, 0.717) is 17.2 Å². The molecule has 4 rings (SSSR count). The van der Waals surface area contributed by atoms with Crippen molar-refractivity contribution in [3.63, 3.8) is 0 Å². The molecule has 0 atom stereocenters. The molecule has 0 spiro atoms. The van der Waals surface area contributed by atoms with Crippen molar-refractivity contribution in [3.05, 3.63) is 106 Å². The standard InChI is InChI=1S/C24H19ClN4O3/c1-31-21-14-17(15-26-28-18-8-4-2-5-9-18)12-13-20(21)32-22-16-27-29(24(30)23(22)25)19-10-6-3-7-11-19/h2-16,28H,1H3. The van der Waals surface area contributed by atoms with Gasteiger partial charge in [-0.15, -0.1) is 0 Å². The van der Waals surface area contributed by atoms with Crippen molar-refractivity contribution in [2.75, 3.05) is 12.5 Å². The van der Waals surface area contributed by atoms with Crippen molar-refractivity contribution in [3.8, 4) is 22.9 Å². The van der Waals surface area contributed by atoms with E-state index >= 15 is 0 Å². The smallest absolute Gasteiger partial charge is 0.294 e. The van der Waals surface area contributed by atoms with Gasteiger partial charge in [0.25, 0.3) is 5.56 Å². The maximum Gasteiger partial charge on any atom is 0.294 e. The lowest BCUT2D eigenvalue weighted by Crippen LogP contribution is -2.21. The van der Waals surface area contributed by atoms with Crippen molar-refractivity contribution in [2.45, 2.75) is 0 Å². The summed E-state index contributed by atoms with van der Waals surface area (Å²) in [5.41, 5.74) is 4.75. The fraction of sp³-hybridized carbons (Fsp3) is 0.0417. The van der Waals surface area contributed by atoms with Crippen molar-refractivity contribution < 1.29 is 9.47 Å². The van der Waals surface area contributed by atoms with Crippen LogP contribution in [-0.2, 0) is 0 Å². The largest absolute Gasteiger partial charge is 0.493 e. The molecular formula is C24H19ClN4O3. The van der Waals surface area contributed by atoms with Gasteiger partial charge in [0.05, 0.1) is 30.9 Å². The van der Waals surface area contributed by atoms with Gasteiger partial charge in [-0.05, 0) is 48.0 Å². The van der Waals surface area contributed by atoms with Crippen LogP contribution in [-0.4, -0.2) is 23.1 Å². The average Bonchev–Trinajstić information content (AvgIpc) is 2.84. The number of hydrazone groups is 1. The highest BCUT2D eigenvalue weighted by Crippen LogP contribution is 2.34. The summed E-state index contributed by atoms with van der Waals surface area (Å²) in [7, 11) is 1.53. The second kappa shape index (κ2) is 9.80. The fourth-order valence-corrected chi connectivity index (χ4v) is 3.07. The number of hydrogen-bond donors (Lipinski definition) is 1. The lowest BCUT2D eigenvalue weighted by atomic mass is 10.2. The summed E-state index contributed by atoms with van der Waals surface area (Å²) in [6.45, 7) is 0. The summed E-state index contributed by atoms with van der Waals surface area (Å²) in [5.74, 6) is 0.979. The molecule has 1 heterocycles. The number of para-hydroxylation sites is 2. The summed E-state index contributed by atoms with van der Waals surface area (Å²) in [6, 6.07) is 23.9. The van der Waals surface area contributed by atoms with Crippen LogP contribution in [0.2, 0.25) is 5.02 Å². The quantitative estimate of drug-likeness (QED) is 0.314. The Morgan fingerprint density at radius 3 is 2.41 bits per heavy atom. The highest BCUT2D eigenvalue weighted by Gasteiger charge is 2.15. The van der Waals surface area contributed by atoms with Gasteiger partial charge in [0.1, 0.15) is 0 Å². The number of nitrogens with one attached hydrogen (secondary N) is 1. The Balaban J connectivity index is 1.54. The molecule has 0 unspecified atom stereocenters. The lowest BCUT2D eigenvalue weighted by molar-refractivity contribution is 0.377. The number of ether oxygens (including phenoxy) is 2. The first-order valence-electron chi connectivity index (χ1n) is 9.69. The molecule has 0 aliphatic heterocycles. The van der Waals surface area contributed by atoms with Gasteiger partial charge in [0.2, 0.25) is 0 Å². The first-order valence-corrected chi connectivity index (χ1v) is 10.1. The number of hydrogen-bond acceptors (Lipinski definition) is 6. The monoisotopic (exact) mass is 446 g/mol. The molecule has 160 valence electrons. The Kier molecular flexibility index (Phi) is 6.48. The Morgan fingerprint density at radius 1 is 0.969 bits per heavy atom. The zero-order valence-corrected chi connectivity index (χ0v) is 17.9. The second-order valence-corrected chi connectivity index (χ2v) is 7.00. The maximum atomic E-state index is 12.7. The topological polar surface area (TPSA) is 77.7 Å². The van der Waals surface area contributed by atoms with Crippen molar-refractivity contribution in [1.29, 1.82) is 0 Å². The van der Waals surface area contributed by atoms with Crippen LogP contribution >= 0.6 is 11.6 Å². The van der Waals surface area contributed by atoms with Gasteiger partial charge < -0.3 is 9.47 Å². The molecule has 0 amide bonds. The molecule has 0 aliphatic rings. The molecule has 0 fully saturated rings. The third kappa shape index (κ3) is 4.79. The van der Waals surface area contributed by atoms with E-state index < -0.39 is 5.56 Å². The molecule has 8 heteroatoms. The number of rotatable bonds is 7. The molecule has 1 N–H and O–H groups in total. The highest BCUT2D eigenvalue weighted by atomic mass is 35.5. The van der Waals surface area contributed by atoms with Gasteiger partial charge in [-0.25, -0.2) is 0 Å². The van der Waals surface area contributed by atoms with Crippen LogP contribution in [0.15, 0.2) is 95.0 Å². The summed E-state index contributed by atoms with van der Waals surface area (Å²) in [4.78, 5) is 12.7. The molecule has 1 aromatic heterocycles. The SMILES string of the molecule is COc1cc(C=NNc2ccccc2)ccc1Oc1cnn(-c2ccccc2)c(=O)c1Cl. The van der Waals surface area contributed by atoms with Gasteiger partial charge in [-0.2, -0.15) is 14.9 Å². The minimum Gasteiger partial charge on any atom is -0.493 e. The number of methoxy groups -OCH3 is 1. The van der Waals surface area contributed by atoms with Crippen molar-refractivity contribution in [2.24, 2.45) is 5.10 Å². The van der Waals surface area contributed by atoms with E-state index in [2.05, 4.69) is 15.6 Å². The van der Waals surface area contributed by atoms with Crippen LogP contribution in [0.25, 0.3) is 5.69 Å². The first-order chi connectivity index (χ1) is 15.7. The highest BCUT2D eigenvalue weighted by molar-refractivity contribution is 6.31. The van der Waals surface area contributed by atoms with Crippen LogP contribution in [0.5, 0.6) is 17.2 Å². The van der Waals surface area contributed by atoms with Crippen molar-refractivity contribution >= 4 is 23.5 Å². The normalized spacial score (nSPS) is 10.8. The van der Waals surface area contributed by atoms with Gasteiger partial charge in [-0.1, -0.05) is 48.0 Å². The fourth-order valence-electron chi connectivity index (χ4n) is 2.90. The predicted molar refractivity (Wildman–Crippen MR) is 126 cm³/mol. The van der Waals surface area contributed by atoms with Gasteiger partial charge in [-0.3, -0.25) is 10.2 Å². The second-order valence-electron chi connectivity index (χ2n) is 6.62. The van der Waals surface area contributed by atoms with E-state index in [9.17, 15) is 4.79 Å². The van der Waals surface area contributed by atoms with Gasteiger partial charge in [0.15, 0.2) is 22.3 Å². The molecular weight excluding hydrogens is 428 g/mol. The molecule has 0 saturated heterocycles. The third-order valence-corrected chi connectivity index (χ3v) is 4.82. The zero-order valence-electron chi connectivity index (χ0n) is 17.1. The molecule has 32 heavy (non-hydrogen) atoms. The Hall–Kier alpha value is -4.10. The number of halogens is 1. The number of anilines is 1. The lowest BCUT2D eigenvalue weighted by Gasteiger charge is -2.12. The van der Waals surface area contributed by atoms with Crippen LogP contribution in [0.4, 0.5) is 5.69 Å². The Labute approximate surface area is 189 Å². The van der Waals surface area contributed by atoms with E-state index in [1.54, 1.807) is 36.5 Å². The molecule has 0 aliphatic carbocycles. The van der Waals surface area contributed by atoms with Gasteiger partial charge >= 0.3 is 0 Å². The molecule has 7 nitrogen and oxygen atoms in total. The van der Waals surface area contributed by atoms with E-state index in [1.165, 1.54) is 18.0 Å². The van der Waals surface area contributed by atoms with Gasteiger partial charge in [0, 0.05) is 0 Å². The number of aromatic nitrogens is 2. The summed E-state index contributed by atoms with van der Waals surface area (Å²) in [6.07, 6.45) is 3.06. The molecule has 0 bridgehead atoms. The minimum atomic E-state index is -0.481. The van der Waals surface area contributed by atoms with E-state index in [1.807, 2.05) is 48.5 Å². The Morgan fingerprint density at radius 2 is 1.69 bits per heavy atom. The number of nitrogens with zero attached hydrogens (tertiary/aromatic N) is 3. The first kappa shape index (κ1) is 21.1. The van der Waals surface area contributed by atoms with Crippen molar-refractivity contribution in [1.82, 2.24) is 9.78 Å². The average molecular weight is 447 g/mol. The summed E-state index contributed by atoms with van der Waals surface area (Å²) >= 11 is 6.28. The minimum absolute atomic E-state index is 0.0800.